The second kappa shape index (κ2) is 10.1. The Labute approximate surface area is 218 Å². The van der Waals surface area contributed by atoms with Crippen molar-refractivity contribution >= 4 is 43.2 Å². The lowest BCUT2D eigenvalue weighted by Crippen LogP contribution is -2.41. The molecular formula is C25H19F3N4O4S2. The number of carbonyl (C=O) groups is 2. The molecule has 2 heterocycles. The van der Waals surface area contributed by atoms with Crippen LogP contribution < -0.4 is 10.6 Å². The number of carbonyl (C=O) groups excluding carboxylic acids is 2. The molecule has 38 heavy (non-hydrogen) atoms. The number of thiazole rings is 1. The second-order valence-corrected chi connectivity index (χ2v) is 11.7. The van der Waals surface area contributed by atoms with Gasteiger partial charge >= 0.3 is 0 Å². The van der Waals surface area contributed by atoms with E-state index in [0.29, 0.717) is 4.70 Å². The van der Waals surface area contributed by atoms with Crippen molar-refractivity contribution in [2.75, 3.05) is 6.54 Å². The van der Waals surface area contributed by atoms with E-state index >= 15 is 0 Å². The van der Waals surface area contributed by atoms with Crippen LogP contribution in [0.2, 0.25) is 0 Å². The standard InChI is InChI=1S/C25H19F3N4O4S2/c26-16-3-1-2-4-20(16)38(35,36)23(24(34)30-12-22(33)31-14-6-7-14)25-32-18-10-17(27)15(9-19(18)37-25)13-5-8-21(28)29-11-13/h1-5,8-11,14,23H,6-7,12H2,(H,30,34)(H,31,33). The van der Waals surface area contributed by atoms with Gasteiger partial charge in [-0.2, -0.15) is 4.39 Å². The third kappa shape index (κ3) is 5.24. The Hall–Kier alpha value is -3.84. The van der Waals surface area contributed by atoms with E-state index in [4.69, 9.17) is 0 Å². The topological polar surface area (TPSA) is 118 Å². The van der Waals surface area contributed by atoms with Crippen molar-refractivity contribution < 1.29 is 31.2 Å². The smallest absolute Gasteiger partial charge is 0.246 e. The molecule has 0 saturated heterocycles. The van der Waals surface area contributed by atoms with E-state index < -0.39 is 55.9 Å². The van der Waals surface area contributed by atoms with Gasteiger partial charge in [-0.15, -0.1) is 11.3 Å². The summed E-state index contributed by atoms with van der Waals surface area (Å²) < 4.78 is 70.1. The highest BCUT2D eigenvalue weighted by Gasteiger charge is 2.40. The average molecular weight is 561 g/mol. The van der Waals surface area contributed by atoms with Gasteiger partial charge in [0.05, 0.1) is 16.8 Å². The predicted molar refractivity (Wildman–Crippen MR) is 133 cm³/mol. The number of rotatable bonds is 8. The minimum absolute atomic E-state index is 0.0296. The van der Waals surface area contributed by atoms with Gasteiger partial charge in [0.15, 0.2) is 15.1 Å². The average Bonchev–Trinajstić information content (AvgIpc) is 3.60. The van der Waals surface area contributed by atoms with Gasteiger partial charge in [-0.25, -0.2) is 27.2 Å². The van der Waals surface area contributed by atoms with Crippen LogP contribution in [0.5, 0.6) is 0 Å². The fourth-order valence-electron chi connectivity index (χ4n) is 3.79. The van der Waals surface area contributed by atoms with Crippen LogP contribution in [-0.4, -0.2) is 42.8 Å². The number of hydrogen-bond acceptors (Lipinski definition) is 7. The number of sulfone groups is 1. The summed E-state index contributed by atoms with van der Waals surface area (Å²) in [5.74, 6) is -4.10. The normalized spacial score (nSPS) is 14.3. The molecule has 2 N–H and O–H groups in total. The van der Waals surface area contributed by atoms with E-state index in [9.17, 15) is 31.2 Å². The van der Waals surface area contributed by atoms with Gasteiger partial charge in [0.25, 0.3) is 0 Å². The van der Waals surface area contributed by atoms with Crippen LogP contribution in [0, 0.1) is 17.6 Å². The molecule has 1 atom stereocenters. The molecule has 0 spiro atoms. The van der Waals surface area contributed by atoms with Crippen LogP contribution in [0.4, 0.5) is 13.2 Å². The molecule has 0 bridgehead atoms. The number of pyridine rings is 1. The molecular weight excluding hydrogens is 541 g/mol. The molecule has 1 unspecified atom stereocenters. The van der Waals surface area contributed by atoms with Gasteiger partial charge in [-0.1, -0.05) is 12.1 Å². The highest BCUT2D eigenvalue weighted by atomic mass is 32.2. The lowest BCUT2D eigenvalue weighted by molar-refractivity contribution is -0.126. The first kappa shape index (κ1) is 25.8. The Kier molecular flexibility index (Phi) is 6.88. The summed E-state index contributed by atoms with van der Waals surface area (Å²) in [4.78, 5) is 32.3. The summed E-state index contributed by atoms with van der Waals surface area (Å²) in [5, 5.41) is 2.73. The maximum absolute atomic E-state index is 14.9. The van der Waals surface area contributed by atoms with Crippen LogP contribution in [0.1, 0.15) is 23.1 Å². The molecule has 13 heteroatoms. The number of nitrogens with zero attached hydrogens (tertiary/aromatic N) is 2. The van der Waals surface area contributed by atoms with Crippen LogP contribution in [-0.2, 0) is 19.4 Å². The molecule has 4 aromatic rings. The van der Waals surface area contributed by atoms with E-state index in [1.54, 1.807) is 0 Å². The van der Waals surface area contributed by atoms with Gasteiger partial charge in [0, 0.05) is 29.4 Å². The zero-order valence-electron chi connectivity index (χ0n) is 19.4. The molecule has 1 fully saturated rings. The molecule has 1 aliphatic carbocycles. The molecule has 5 rings (SSSR count). The Morgan fingerprint density at radius 3 is 2.50 bits per heavy atom. The van der Waals surface area contributed by atoms with Crippen LogP contribution in [0.25, 0.3) is 21.3 Å². The number of fused-ring (bicyclic) bond motifs is 1. The monoisotopic (exact) mass is 560 g/mol. The maximum atomic E-state index is 14.9. The minimum Gasteiger partial charge on any atom is -0.352 e. The number of hydrogen-bond donors (Lipinski definition) is 2. The highest BCUT2D eigenvalue weighted by molar-refractivity contribution is 7.92. The largest absolute Gasteiger partial charge is 0.352 e. The summed E-state index contributed by atoms with van der Waals surface area (Å²) in [6, 6.07) is 9.46. The molecule has 2 aromatic carbocycles. The van der Waals surface area contributed by atoms with Crippen molar-refractivity contribution in [1.82, 2.24) is 20.6 Å². The zero-order valence-corrected chi connectivity index (χ0v) is 21.1. The van der Waals surface area contributed by atoms with Crippen LogP contribution in [0.3, 0.4) is 0 Å². The van der Waals surface area contributed by atoms with Crippen molar-refractivity contribution in [2.45, 2.75) is 29.0 Å². The number of halogens is 3. The van der Waals surface area contributed by atoms with E-state index in [2.05, 4.69) is 20.6 Å². The van der Waals surface area contributed by atoms with Crippen molar-refractivity contribution in [3.8, 4) is 11.1 Å². The molecule has 0 aliphatic heterocycles. The second-order valence-electron chi connectivity index (χ2n) is 8.64. The first-order valence-corrected chi connectivity index (χ1v) is 13.8. The van der Waals surface area contributed by atoms with Crippen molar-refractivity contribution in [3.63, 3.8) is 0 Å². The minimum atomic E-state index is -4.68. The van der Waals surface area contributed by atoms with Crippen LogP contribution in [0.15, 0.2) is 59.6 Å². The molecule has 1 aliphatic rings. The first-order chi connectivity index (χ1) is 18.1. The number of amides is 2. The summed E-state index contributed by atoms with van der Waals surface area (Å²) in [6.07, 6.45) is 2.79. The zero-order chi connectivity index (χ0) is 27.0. The Bertz CT molecular complexity index is 1660. The summed E-state index contributed by atoms with van der Waals surface area (Å²) in [6.45, 7) is -0.486. The van der Waals surface area contributed by atoms with Crippen molar-refractivity contribution in [1.29, 1.82) is 0 Å². The Morgan fingerprint density at radius 1 is 1.05 bits per heavy atom. The molecule has 2 aromatic heterocycles. The van der Waals surface area contributed by atoms with E-state index in [1.807, 2.05) is 0 Å². The molecule has 1 saturated carbocycles. The van der Waals surface area contributed by atoms with Crippen molar-refractivity contribution in [3.05, 3.63) is 77.3 Å². The van der Waals surface area contributed by atoms with Gasteiger partial charge < -0.3 is 10.6 Å². The SMILES string of the molecule is O=C(CNC(=O)C(c1nc2cc(F)c(-c3ccc(F)nc3)cc2s1)S(=O)(=O)c1ccccc1F)NC1CC1. The third-order valence-electron chi connectivity index (χ3n) is 5.81. The van der Waals surface area contributed by atoms with E-state index in [1.165, 1.54) is 24.3 Å². The van der Waals surface area contributed by atoms with Gasteiger partial charge in [-0.05, 0) is 43.2 Å². The number of nitrogens with one attached hydrogen (secondary N) is 2. The molecule has 0 radical (unpaired) electrons. The fraction of sp³-hybridized carbons (Fsp3) is 0.200. The maximum Gasteiger partial charge on any atom is 0.246 e. The van der Waals surface area contributed by atoms with Gasteiger partial charge in [0.1, 0.15) is 21.5 Å². The predicted octanol–water partition coefficient (Wildman–Crippen LogP) is 3.69. The lowest BCUT2D eigenvalue weighted by Gasteiger charge is -2.16. The van der Waals surface area contributed by atoms with E-state index in [-0.39, 0.29) is 27.7 Å². The van der Waals surface area contributed by atoms with Crippen molar-refractivity contribution in [2.24, 2.45) is 0 Å². The quantitative estimate of drug-likeness (QED) is 0.318. The Balaban J connectivity index is 1.55. The fourth-order valence-corrected chi connectivity index (χ4v) is 6.83. The molecule has 8 nitrogen and oxygen atoms in total. The summed E-state index contributed by atoms with van der Waals surface area (Å²) in [7, 11) is -4.68. The molecule has 2 amide bonds. The lowest BCUT2D eigenvalue weighted by atomic mass is 10.1. The third-order valence-corrected chi connectivity index (χ3v) is 9.05. The Morgan fingerprint density at radius 2 is 1.82 bits per heavy atom. The summed E-state index contributed by atoms with van der Waals surface area (Å²) >= 11 is 0.801. The highest BCUT2D eigenvalue weighted by Crippen LogP contribution is 2.37. The van der Waals surface area contributed by atoms with Gasteiger partial charge in [-0.3, -0.25) is 9.59 Å². The number of benzene rings is 2. The van der Waals surface area contributed by atoms with E-state index in [0.717, 1.165) is 54.6 Å². The first-order valence-electron chi connectivity index (χ1n) is 11.4. The molecule has 196 valence electrons. The van der Waals surface area contributed by atoms with Crippen LogP contribution >= 0.6 is 11.3 Å². The number of aromatic nitrogens is 2. The van der Waals surface area contributed by atoms with Gasteiger partial charge in [0.2, 0.25) is 17.8 Å². The summed E-state index contributed by atoms with van der Waals surface area (Å²) in [5.41, 5.74) is 0.403.